The maximum absolute atomic E-state index is 5.05. The summed E-state index contributed by atoms with van der Waals surface area (Å²) in [5, 5.41) is 3.41. The zero-order valence-electron chi connectivity index (χ0n) is 9.60. The molecule has 0 bridgehead atoms. The molecule has 2 aromatic rings. The molecule has 2 heterocycles. The molecule has 0 saturated carbocycles. The molecule has 2 rings (SSSR count). The number of rotatable bonds is 4. The number of nitrogens with one attached hydrogen (secondary N) is 1. The predicted molar refractivity (Wildman–Crippen MR) is 62.9 cm³/mol. The van der Waals surface area contributed by atoms with Gasteiger partial charge >= 0.3 is 0 Å². The molecule has 84 valence electrons. The molecule has 3 nitrogen and oxygen atoms in total. The summed E-state index contributed by atoms with van der Waals surface area (Å²) in [4.78, 5) is 4.44. The Morgan fingerprint density at radius 1 is 1.38 bits per heavy atom. The van der Waals surface area contributed by atoms with Crippen LogP contribution in [0.3, 0.4) is 0 Å². The Morgan fingerprint density at radius 3 is 2.94 bits per heavy atom. The highest BCUT2D eigenvalue weighted by molar-refractivity contribution is 5.12. The van der Waals surface area contributed by atoms with Gasteiger partial charge in [-0.15, -0.1) is 0 Å². The second-order valence-electron chi connectivity index (χ2n) is 3.93. The highest BCUT2D eigenvalue weighted by Gasteiger charge is 2.05. The van der Waals surface area contributed by atoms with Gasteiger partial charge in [-0.1, -0.05) is 6.07 Å². The average molecular weight is 216 g/mol. The van der Waals surface area contributed by atoms with E-state index in [1.165, 1.54) is 0 Å². The van der Waals surface area contributed by atoms with Crippen molar-refractivity contribution in [1.82, 2.24) is 10.3 Å². The summed E-state index contributed by atoms with van der Waals surface area (Å²) in [5.74, 6) is 0. The van der Waals surface area contributed by atoms with Crippen LogP contribution in [0.5, 0.6) is 0 Å². The first-order chi connectivity index (χ1) is 7.75. The number of furan rings is 1. The summed E-state index contributed by atoms with van der Waals surface area (Å²) in [7, 11) is 0. The summed E-state index contributed by atoms with van der Waals surface area (Å²) < 4.78 is 5.05. The Labute approximate surface area is 95.5 Å². The monoisotopic (exact) mass is 216 g/mol. The minimum absolute atomic E-state index is 0.279. The summed E-state index contributed by atoms with van der Waals surface area (Å²) in [6.07, 6.45) is 3.46. The number of pyridine rings is 1. The van der Waals surface area contributed by atoms with Crippen LogP contribution in [0, 0.1) is 6.92 Å². The molecule has 16 heavy (non-hydrogen) atoms. The molecule has 1 N–H and O–H groups in total. The van der Waals surface area contributed by atoms with Crippen LogP contribution < -0.4 is 5.32 Å². The Morgan fingerprint density at radius 2 is 2.25 bits per heavy atom. The second-order valence-corrected chi connectivity index (χ2v) is 3.93. The molecule has 3 heteroatoms. The van der Waals surface area contributed by atoms with Gasteiger partial charge in [0, 0.05) is 23.8 Å². The van der Waals surface area contributed by atoms with Crippen molar-refractivity contribution in [3.05, 3.63) is 53.7 Å². The van der Waals surface area contributed by atoms with Crippen molar-refractivity contribution in [2.45, 2.75) is 26.4 Å². The summed E-state index contributed by atoms with van der Waals surface area (Å²) >= 11 is 0. The molecule has 2 aromatic heterocycles. The Bertz CT molecular complexity index is 437. The largest absolute Gasteiger partial charge is 0.472 e. The van der Waals surface area contributed by atoms with Gasteiger partial charge in [-0.05, 0) is 32.0 Å². The van der Waals surface area contributed by atoms with Crippen LogP contribution in [0.1, 0.15) is 29.9 Å². The minimum Gasteiger partial charge on any atom is -0.472 e. The zero-order chi connectivity index (χ0) is 11.4. The van der Waals surface area contributed by atoms with E-state index in [0.29, 0.717) is 0 Å². The summed E-state index contributed by atoms with van der Waals surface area (Å²) in [6, 6.07) is 8.31. The number of hydrogen-bond acceptors (Lipinski definition) is 3. The molecular formula is C13H16N2O. The van der Waals surface area contributed by atoms with Crippen molar-refractivity contribution < 1.29 is 4.42 Å². The van der Waals surface area contributed by atoms with Gasteiger partial charge in [0.2, 0.25) is 0 Å². The lowest BCUT2D eigenvalue weighted by Crippen LogP contribution is -2.18. The van der Waals surface area contributed by atoms with Crippen LogP contribution in [0.25, 0.3) is 0 Å². The van der Waals surface area contributed by atoms with Crippen LogP contribution in [-0.2, 0) is 6.54 Å². The SMILES string of the molecule is Cc1cccc(CNC(C)c2ccoc2)n1. The second kappa shape index (κ2) is 4.94. The Hall–Kier alpha value is -1.61. The molecule has 1 unspecified atom stereocenters. The van der Waals surface area contributed by atoms with Gasteiger partial charge < -0.3 is 9.73 Å². The van der Waals surface area contributed by atoms with E-state index in [1.807, 2.05) is 31.2 Å². The van der Waals surface area contributed by atoms with Gasteiger partial charge in [0.25, 0.3) is 0 Å². The highest BCUT2D eigenvalue weighted by atomic mass is 16.3. The zero-order valence-corrected chi connectivity index (χ0v) is 9.60. The van der Waals surface area contributed by atoms with E-state index in [2.05, 4.69) is 17.2 Å². The van der Waals surface area contributed by atoms with Crippen LogP contribution >= 0.6 is 0 Å². The predicted octanol–water partition coefficient (Wildman–Crippen LogP) is 2.83. The molecule has 0 aliphatic rings. The number of aryl methyl sites for hydroxylation is 1. The fourth-order valence-electron chi connectivity index (χ4n) is 1.59. The normalized spacial score (nSPS) is 12.6. The third kappa shape index (κ3) is 2.70. The topological polar surface area (TPSA) is 38.1 Å². The summed E-state index contributed by atoms with van der Waals surface area (Å²) in [6.45, 7) is 4.89. The van der Waals surface area contributed by atoms with Crippen molar-refractivity contribution >= 4 is 0 Å². The van der Waals surface area contributed by atoms with Crippen molar-refractivity contribution in [3.63, 3.8) is 0 Å². The fraction of sp³-hybridized carbons (Fsp3) is 0.308. The lowest BCUT2D eigenvalue weighted by molar-refractivity contribution is 0.535. The van der Waals surface area contributed by atoms with E-state index in [1.54, 1.807) is 12.5 Å². The van der Waals surface area contributed by atoms with Crippen LogP contribution in [0.4, 0.5) is 0 Å². The lowest BCUT2D eigenvalue weighted by atomic mass is 10.2. The van der Waals surface area contributed by atoms with Crippen LogP contribution in [0.15, 0.2) is 41.2 Å². The average Bonchev–Trinajstić information content (AvgIpc) is 2.79. The van der Waals surface area contributed by atoms with Crippen LogP contribution in [0.2, 0.25) is 0 Å². The smallest absolute Gasteiger partial charge is 0.0950 e. The number of hydrogen-bond donors (Lipinski definition) is 1. The summed E-state index contributed by atoms with van der Waals surface area (Å²) in [5.41, 5.74) is 3.28. The molecular weight excluding hydrogens is 200 g/mol. The minimum atomic E-state index is 0.279. The quantitative estimate of drug-likeness (QED) is 0.854. The van der Waals surface area contributed by atoms with E-state index in [9.17, 15) is 0 Å². The lowest BCUT2D eigenvalue weighted by Gasteiger charge is -2.11. The molecule has 0 aliphatic carbocycles. The maximum atomic E-state index is 5.05. The molecule has 0 saturated heterocycles. The van der Waals surface area contributed by atoms with E-state index in [4.69, 9.17) is 4.42 Å². The van der Waals surface area contributed by atoms with Gasteiger partial charge in [0.15, 0.2) is 0 Å². The molecule has 0 spiro atoms. The maximum Gasteiger partial charge on any atom is 0.0950 e. The van der Waals surface area contributed by atoms with Gasteiger partial charge in [-0.25, -0.2) is 0 Å². The Kier molecular flexibility index (Phi) is 3.37. The van der Waals surface area contributed by atoms with E-state index in [-0.39, 0.29) is 6.04 Å². The van der Waals surface area contributed by atoms with Crippen molar-refractivity contribution in [3.8, 4) is 0 Å². The van der Waals surface area contributed by atoms with Crippen LogP contribution in [-0.4, -0.2) is 4.98 Å². The molecule has 0 aromatic carbocycles. The molecule has 1 atom stereocenters. The van der Waals surface area contributed by atoms with E-state index >= 15 is 0 Å². The molecule has 0 radical (unpaired) electrons. The van der Waals surface area contributed by atoms with Gasteiger partial charge in [0.1, 0.15) is 0 Å². The molecule has 0 fully saturated rings. The van der Waals surface area contributed by atoms with Crippen molar-refractivity contribution in [2.75, 3.05) is 0 Å². The van der Waals surface area contributed by atoms with Gasteiger partial charge in [0.05, 0.1) is 18.2 Å². The van der Waals surface area contributed by atoms with Crippen molar-refractivity contribution in [2.24, 2.45) is 0 Å². The van der Waals surface area contributed by atoms with E-state index < -0.39 is 0 Å². The number of aromatic nitrogens is 1. The van der Waals surface area contributed by atoms with E-state index in [0.717, 1.165) is 23.5 Å². The standard InChI is InChI=1S/C13H16N2O/c1-10-4-3-5-13(15-10)8-14-11(2)12-6-7-16-9-12/h3-7,9,11,14H,8H2,1-2H3. The molecule has 0 amide bonds. The third-order valence-corrected chi connectivity index (χ3v) is 2.58. The molecule has 0 aliphatic heterocycles. The fourth-order valence-corrected chi connectivity index (χ4v) is 1.59. The first-order valence-corrected chi connectivity index (χ1v) is 5.44. The number of nitrogens with zero attached hydrogens (tertiary/aromatic N) is 1. The van der Waals surface area contributed by atoms with Gasteiger partial charge in [-0.2, -0.15) is 0 Å². The van der Waals surface area contributed by atoms with Gasteiger partial charge in [-0.3, -0.25) is 4.98 Å². The first-order valence-electron chi connectivity index (χ1n) is 5.44. The Balaban J connectivity index is 1.92. The first kappa shape index (κ1) is 10.9. The third-order valence-electron chi connectivity index (χ3n) is 2.58. The van der Waals surface area contributed by atoms with Crippen molar-refractivity contribution in [1.29, 1.82) is 0 Å². The highest BCUT2D eigenvalue weighted by Crippen LogP contribution is 2.12.